The number of nitrogens with one attached hydrogen (secondary N) is 2. The molecule has 4 rings (SSSR count). The molecule has 11 heteroatoms. The zero-order chi connectivity index (χ0) is 23.5. The van der Waals surface area contributed by atoms with Gasteiger partial charge in [-0.3, -0.25) is 9.78 Å². The van der Waals surface area contributed by atoms with Crippen molar-refractivity contribution in [3.05, 3.63) is 77.5 Å². The van der Waals surface area contributed by atoms with Gasteiger partial charge in [0.05, 0.1) is 23.1 Å². The van der Waals surface area contributed by atoms with Crippen LogP contribution in [0.2, 0.25) is 0 Å². The fourth-order valence-electron chi connectivity index (χ4n) is 3.40. The Balaban J connectivity index is 1.59. The van der Waals surface area contributed by atoms with E-state index in [0.29, 0.717) is 23.6 Å². The quantitative estimate of drug-likeness (QED) is 0.383. The summed E-state index contributed by atoms with van der Waals surface area (Å²) in [7, 11) is 0. The van der Waals surface area contributed by atoms with Crippen molar-refractivity contribution in [2.24, 2.45) is 0 Å². The molecule has 0 unspecified atom stereocenters. The normalized spacial score (nSPS) is 10.9. The standard InChI is InChI=1S/C22H19F2N7O2/c1-2-3-15-8-16(19-21(25)27-11-28-31(15)19)20(32)12-6-14(10-26-9-12)29-22(33)30-18-5-4-13(23)7-17(18)24/h4-11H,2-3H2,1H3,(H2,25,27,28)(H2,29,30,33). The maximum Gasteiger partial charge on any atom is 0.323 e. The van der Waals surface area contributed by atoms with E-state index >= 15 is 0 Å². The van der Waals surface area contributed by atoms with Crippen molar-refractivity contribution >= 4 is 34.5 Å². The monoisotopic (exact) mass is 451 g/mol. The number of amides is 2. The number of hydrogen-bond donors (Lipinski definition) is 3. The zero-order valence-electron chi connectivity index (χ0n) is 17.5. The number of urea groups is 1. The number of nitrogens with two attached hydrogens (primary N) is 1. The van der Waals surface area contributed by atoms with Gasteiger partial charge in [-0.2, -0.15) is 5.10 Å². The summed E-state index contributed by atoms with van der Waals surface area (Å²) < 4.78 is 28.4. The van der Waals surface area contributed by atoms with Crippen LogP contribution in [0.15, 0.2) is 49.1 Å². The lowest BCUT2D eigenvalue weighted by atomic mass is 10.1. The number of nitrogen functional groups attached to an aromatic ring is 1. The van der Waals surface area contributed by atoms with E-state index in [9.17, 15) is 18.4 Å². The van der Waals surface area contributed by atoms with Crippen LogP contribution >= 0.6 is 0 Å². The summed E-state index contributed by atoms with van der Waals surface area (Å²) in [4.78, 5) is 33.5. The van der Waals surface area contributed by atoms with Crippen molar-refractivity contribution in [1.82, 2.24) is 19.6 Å². The highest BCUT2D eigenvalue weighted by atomic mass is 19.1. The number of carbonyl (C=O) groups excluding carboxylic acids is 2. The van der Waals surface area contributed by atoms with Crippen LogP contribution in [-0.2, 0) is 6.42 Å². The van der Waals surface area contributed by atoms with Gasteiger partial charge in [0.15, 0.2) is 11.6 Å². The van der Waals surface area contributed by atoms with E-state index in [0.717, 1.165) is 24.2 Å². The number of pyridine rings is 1. The van der Waals surface area contributed by atoms with Gasteiger partial charge in [0.1, 0.15) is 23.5 Å². The first kappa shape index (κ1) is 21.8. The second-order valence-electron chi connectivity index (χ2n) is 7.20. The molecular weight excluding hydrogens is 432 g/mol. The maximum absolute atomic E-state index is 13.8. The van der Waals surface area contributed by atoms with Gasteiger partial charge in [-0.15, -0.1) is 0 Å². The number of nitrogens with zero attached hydrogens (tertiary/aromatic N) is 4. The number of ketones is 1. The first-order valence-corrected chi connectivity index (χ1v) is 10.0. The Hall–Kier alpha value is -4.41. The Morgan fingerprint density at radius 2 is 1.94 bits per heavy atom. The van der Waals surface area contributed by atoms with E-state index in [1.54, 1.807) is 10.6 Å². The molecule has 0 saturated carbocycles. The van der Waals surface area contributed by atoms with Crippen LogP contribution in [0.4, 0.5) is 30.8 Å². The highest BCUT2D eigenvalue weighted by Crippen LogP contribution is 2.24. The van der Waals surface area contributed by atoms with E-state index in [-0.39, 0.29) is 28.5 Å². The number of aromatic nitrogens is 4. The number of aryl methyl sites for hydroxylation is 1. The lowest BCUT2D eigenvalue weighted by Crippen LogP contribution is -2.20. The third-order valence-electron chi connectivity index (χ3n) is 4.84. The Morgan fingerprint density at radius 3 is 2.70 bits per heavy atom. The number of fused-ring (bicyclic) bond motifs is 1. The topological polar surface area (TPSA) is 127 Å². The molecule has 0 saturated heterocycles. The number of benzene rings is 1. The van der Waals surface area contributed by atoms with Gasteiger partial charge in [0.2, 0.25) is 0 Å². The lowest BCUT2D eigenvalue weighted by Gasteiger charge is -2.09. The fraction of sp³-hybridized carbons (Fsp3) is 0.136. The average Bonchev–Trinajstić information content (AvgIpc) is 3.15. The van der Waals surface area contributed by atoms with Crippen LogP contribution in [0.1, 0.15) is 35.0 Å². The van der Waals surface area contributed by atoms with Gasteiger partial charge in [-0.1, -0.05) is 13.3 Å². The first-order valence-electron chi connectivity index (χ1n) is 10.0. The minimum Gasteiger partial charge on any atom is -0.382 e. The zero-order valence-corrected chi connectivity index (χ0v) is 17.5. The van der Waals surface area contributed by atoms with E-state index in [1.165, 1.54) is 24.8 Å². The molecule has 0 aliphatic heterocycles. The second kappa shape index (κ2) is 8.99. The molecule has 0 spiro atoms. The van der Waals surface area contributed by atoms with Crippen LogP contribution in [0.5, 0.6) is 0 Å². The summed E-state index contributed by atoms with van der Waals surface area (Å²) in [6.45, 7) is 2.01. The molecule has 0 atom stereocenters. The number of carbonyl (C=O) groups is 2. The Labute approximate surface area is 186 Å². The van der Waals surface area contributed by atoms with Gasteiger partial charge < -0.3 is 16.4 Å². The second-order valence-corrected chi connectivity index (χ2v) is 7.20. The van der Waals surface area contributed by atoms with Gasteiger partial charge in [0, 0.05) is 23.5 Å². The SMILES string of the molecule is CCCc1cc(C(=O)c2cncc(NC(=O)Nc3ccc(F)cc3F)c2)c2c(N)ncnn12. The van der Waals surface area contributed by atoms with Gasteiger partial charge in [-0.25, -0.2) is 23.1 Å². The van der Waals surface area contributed by atoms with Gasteiger partial charge in [0.25, 0.3) is 0 Å². The molecule has 3 heterocycles. The Kier molecular flexibility index (Phi) is 5.94. The Bertz CT molecular complexity index is 1370. The van der Waals surface area contributed by atoms with Crippen molar-refractivity contribution in [1.29, 1.82) is 0 Å². The highest BCUT2D eigenvalue weighted by Gasteiger charge is 2.21. The van der Waals surface area contributed by atoms with E-state index < -0.39 is 17.7 Å². The van der Waals surface area contributed by atoms with Crippen molar-refractivity contribution in [3.8, 4) is 0 Å². The van der Waals surface area contributed by atoms with E-state index in [2.05, 4.69) is 25.7 Å². The number of hydrogen-bond acceptors (Lipinski definition) is 6. The molecular formula is C22H19F2N7O2. The van der Waals surface area contributed by atoms with E-state index in [1.807, 2.05) is 6.92 Å². The summed E-state index contributed by atoms with van der Waals surface area (Å²) in [5, 5.41) is 8.95. The van der Waals surface area contributed by atoms with Crippen LogP contribution in [-0.4, -0.2) is 31.4 Å². The minimum absolute atomic E-state index is 0.165. The molecule has 3 aromatic heterocycles. The summed E-state index contributed by atoms with van der Waals surface area (Å²) in [5.74, 6) is -1.90. The third-order valence-corrected chi connectivity index (χ3v) is 4.84. The first-order chi connectivity index (χ1) is 15.9. The largest absolute Gasteiger partial charge is 0.382 e. The molecule has 33 heavy (non-hydrogen) atoms. The highest BCUT2D eigenvalue weighted by molar-refractivity contribution is 6.15. The van der Waals surface area contributed by atoms with Crippen molar-refractivity contribution in [2.75, 3.05) is 16.4 Å². The minimum atomic E-state index is -0.921. The van der Waals surface area contributed by atoms with Gasteiger partial charge >= 0.3 is 6.03 Å². The van der Waals surface area contributed by atoms with Crippen LogP contribution in [0, 0.1) is 11.6 Å². The molecule has 4 aromatic rings. The molecule has 0 bridgehead atoms. The summed E-state index contributed by atoms with van der Waals surface area (Å²) >= 11 is 0. The molecule has 168 valence electrons. The van der Waals surface area contributed by atoms with Crippen molar-refractivity contribution in [2.45, 2.75) is 19.8 Å². The maximum atomic E-state index is 13.8. The average molecular weight is 451 g/mol. The Morgan fingerprint density at radius 1 is 1.12 bits per heavy atom. The molecule has 0 aliphatic carbocycles. The third kappa shape index (κ3) is 4.47. The number of anilines is 3. The van der Waals surface area contributed by atoms with Crippen LogP contribution in [0.25, 0.3) is 5.52 Å². The summed E-state index contributed by atoms with van der Waals surface area (Å²) in [6, 6.07) is 5.13. The van der Waals surface area contributed by atoms with Crippen LogP contribution in [0.3, 0.4) is 0 Å². The molecule has 1 aromatic carbocycles. The molecule has 0 aliphatic rings. The van der Waals surface area contributed by atoms with Crippen molar-refractivity contribution in [3.63, 3.8) is 0 Å². The molecule has 2 amide bonds. The number of halogens is 2. The molecule has 0 fully saturated rings. The fourth-order valence-corrected chi connectivity index (χ4v) is 3.40. The predicted octanol–water partition coefficient (Wildman–Crippen LogP) is 3.81. The molecule has 9 nitrogen and oxygen atoms in total. The summed E-state index contributed by atoms with van der Waals surface area (Å²) in [5.41, 5.74) is 7.73. The van der Waals surface area contributed by atoms with E-state index in [4.69, 9.17) is 5.73 Å². The predicted molar refractivity (Wildman–Crippen MR) is 118 cm³/mol. The molecule has 4 N–H and O–H groups in total. The lowest BCUT2D eigenvalue weighted by molar-refractivity contribution is 0.104. The summed E-state index contributed by atoms with van der Waals surface area (Å²) in [6.07, 6.45) is 5.53. The number of rotatable bonds is 6. The smallest absolute Gasteiger partial charge is 0.323 e. The van der Waals surface area contributed by atoms with Crippen LogP contribution < -0.4 is 16.4 Å². The molecule has 0 radical (unpaired) electrons. The van der Waals surface area contributed by atoms with Gasteiger partial charge in [-0.05, 0) is 30.7 Å². The van der Waals surface area contributed by atoms with Crippen molar-refractivity contribution < 1.29 is 18.4 Å².